The summed E-state index contributed by atoms with van der Waals surface area (Å²) in [4.78, 5) is 21.0. The van der Waals surface area contributed by atoms with Gasteiger partial charge in [-0.05, 0) is 50.2 Å². The van der Waals surface area contributed by atoms with E-state index in [1.165, 1.54) is 0 Å². The van der Waals surface area contributed by atoms with Gasteiger partial charge in [-0.2, -0.15) is 5.26 Å². The molecule has 0 unspecified atom stereocenters. The second-order valence-corrected chi connectivity index (χ2v) is 7.53. The SMILES string of the molecule is N#Cc1cc(Nc2ncc3c(n2)CCCCC3=O)cc(OCC2CCOCC2)c1. The first-order valence-corrected chi connectivity index (χ1v) is 10.1. The fraction of sp³-hybridized carbons (Fsp3) is 0.455. The number of rotatable bonds is 5. The third-order valence-corrected chi connectivity index (χ3v) is 5.35. The largest absolute Gasteiger partial charge is 0.493 e. The summed E-state index contributed by atoms with van der Waals surface area (Å²) < 4.78 is 11.3. The second kappa shape index (κ2) is 9.01. The van der Waals surface area contributed by atoms with Crippen LogP contribution in [0.15, 0.2) is 24.4 Å². The molecule has 0 spiro atoms. The summed E-state index contributed by atoms with van der Waals surface area (Å²) in [6.45, 7) is 2.16. The van der Waals surface area contributed by atoms with Crippen LogP contribution in [0.4, 0.5) is 11.6 Å². The Labute approximate surface area is 170 Å². The van der Waals surface area contributed by atoms with Crippen molar-refractivity contribution >= 4 is 17.4 Å². The number of fused-ring (bicyclic) bond motifs is 1. The fourth-order valence-corrected chi connectivity index (χ4v) is 3.69. The van der Waals surface area contributed by atoms with Crippen LogP contribution in [0.2, 0.25) is 0 Å². The number of benzene rings is 1. The molecule has 150 valence electrons. The van der Waals surface area contributed by atoms with Crippen LogP contribution in [0, 0.1) is 17.2 Å². The molecule has 1 aliphatic carbocycles. The van der Waals surface area contributed by atoms with Gasteiger partial charge in [0.1, 0.15) is 5.75 Å². The van der Waals surface area contributed by atoms with E-state index >= 15 is 0 Å². The number of Topliss-reactive ketones (excluding diaryl/α,β-unsaturated/α-hetero) is 1. The van der Waals surface area contributed by atoms with E-state index in [1.807, 2.05) is 6.07 Å². The summed E-state index contributed by atoms with van der Waals surface area (Å²) in [6.07, 6.45) is 6.75. The van der Waals surface area contributed by atoms with Crippen LogP contribution in [0.25, 0.3) is 0 Å². The number of carbonyl (C=O) groups excluding carboxylic acids is 1. The third kappa shape index (κ3) is 4.90. The number of aryl methyl sites for hydroxylation is 1. The molecule has 7 nitrogen and oxygen atoms in total. The summed E-state index contributed by atoms with van der Waals surface area (Å²) in [5.41, 5.74) is 2.60. The number of ether oxygens (including phenoxy) is 2. The van der Waals surface area contributed by atoms with E-state index in [-0.39, 0.29) is 5.78 Å². The van der Waals surface area contributed by atoms with E-state index in [0.29, 0.717) is 47.5 Å². The van der Waals surface area contributed by atoms with E-state index in [4.69, 9.17) is 9.47 Å². The topological polar surface area (TPSA) is 97.1 Å². The van der Waals surface area contributed by atoms with Crippen LogP contribution in [-0.2, 0) is 11.2 Å². The number of ketones is 1. The van der Waals surface area contributed by atoms with E-state index in [1.54, 1.807) is 18.3 Å². The van der Waals surface area contributed by atoms with Crippen molar-refractivity contribution in [2.24, 2.45) is 5.92 Å². The Morgan fingerprint density at radius 2 is 2.03 bits per heavy atom. The van der Waals surface area contributed by atoms with Gasteiger partial charge in [-0.15, -0.1) is 0 Å². The predicted octanol–water partition coefficient (Wildman–Crippen LogP) is 3.81. The zero-order valence-electron chi connectivity index (χ0n) is 16.3. The number of nitrogens with one attached hydrogen (secondary N) is 1. The van der Waals surface area contributed by atoms with Crippen molar-refractivity contribution in [2.75, 3.05) is 25.1 Å². The quantitative estimate of drug-likeness (QED) is 0.773. The molecule has 1 saturated heterocycles. The zero-order chi connectivity index (χ0) is 20.1. The zero-order valence-corrected chi connectivity index (χ0v) is 16.3. The Morgan fingerprint density at radius 1 is 1.21 bits per heavy atom. The highest BCUT2D eigenvalue weighted by atomic mass is 16.5. The second-order valence-electron chi connectivity index (χ2n) is 7.53. The lowest BCUT2D eigenvalue weighted by Gasteiger charge is -2.22. The Morgan fingerprint density at radius 3 is 2.86 bits per heavy atom. The number of nitrogens with zero attached hydrogens (tertiary/aromatic N) is 3. The molecule has 0 amide bonds. The summed E-state index contributed by atoms with van der Waals surface area (Å²) in [6, 6.07) is 7.49. The Kier molecular flexibility index (Phi) is 6.01. The Balaban J connectivity index is 1.50. The van der Waals surface area contributed by atoms with E-state index in [2.05, 4.69) is 21.4 Å². The van der Waals surface area contributed by atoms with Crippen molar-refractivity contribution in [3.63, 3.8) is 0 Å². The van der Waals surface area contributed by atoms with Crippen molar-refractivity contribution < 1.29 is 14.3 Å². The van der Waals surface area contributed by atoms with Crippen LogP contribution >= 0.6 is 0 Å². The smallest absolute Gasteiger partial charge is 0.227 e. The predicted molar refractivity (Wildman–Crippen MR) is 107 cm³/mol. The molecule has 4 rings (SSSR count). The lowest BCUT2D eigenvalue weighted by atomic mass is 10.0. The molecule has 1 aromatic carbocycles. The van der Waals surface area contributed by atoms with Gasteiger partial charge in [0.2, 0.25) is 5.95 Å². The molecule has 7 heteroatoms. The number of hydrogen-bond donors (Lipinski definition) is 1. The van der Waals surface area contributed by atoms with E-state index in [0.717, 1.165) is 51.0 Å². The van der Waals surface area contributed by atoms with Crippen LogP contribution in [0.3, 0.4) is 0 Å². The summed E-state index contributed by atoms with van der Waals surface area (Å²) in [5, 5.41) is 12.5. The molecule has 1 aromatic heterocycles. The van der Waals surface area contributed by atoms with Gasteiger partial charge < -0.3 is 14.8 Å². The standard InChI is InChI=1S/C22H24N4O3/c23-12-16-9-17(11-18(10-16)29-14-15-5-7-28-8-6-15)25-22-24-13-19-20(26-22)3-1-2-4-21(19)27/h9-11,13,15H,1-8,14H2,(H,24,25,26). The molecule has 1 fully saturated rings. The minimum atomic E-state index is 0.110. The Bertz CT molecular complexity index is 932. The molecular weight excluding hydrogens is 368 g/mol. The number of hydrogen-bond acceptors (Lipinski definition) is 7. The van der Waals surface area contributed by atoms with E-state index in [9.17, 15) is 10.1 Å². The Hall–Kier alpha value is -2.98. The summed E-state index contributed by atoms with van der Waals surface area (Å²) in [7, 11) is 0. The minimum Gasteiger partial charge on any atom is -0.493 e. The van der Waals surface area contributed by atoms with Crippen LogP contribution in [-0.4, -0.2) is 35.6 Å². The first kappa shape index (κ1) is 19.3. The first-order valence-electron chi connectivity index (χ1n) is 10.1. The molecule has 2 aromatic rings. The van der Waals surface area contributed by atoms with Crippen LogP contribution in [0.1, 0.15) is 53.7 Å². The van der Waals surface area contributed by atoms with Crippen molar-refractivity contribution in [3.05, 3.63) is 41.2 Å². The molecule has 0 bridgehead atoms. The number of aromatic nitrogens is 2. The monoisotopic (exact) mass is 392 g/mol. The van der Waals surface area contributed by atoms with Crippen molar-refractivity contribution in [3.8, 4) is 11.8 Å². The van der Waals surface area contributed by atoms with Gasteiger partial charge in [-0.25, -0.2) is 9.97 Å². The first-order chi connectivity index (χ1) is 14.2. The van der Waals surface area contributed by atoms with Gasteiger partial charge in [0.15, 0.2) is 5.78 Å². The van der Waals surface area contributed by atoms with Crippen LogP contribution < -0.4 is 10.1 Å². The molecule has 29 heavy (non-hydrogen) atoms. The van der Waals surface area contributed by atoms with E-state index < -0.39 is 0 Å². The maximum absolute atomic E-state index is 12.1. The van der Waals surface area contributed by atoms with Crippen molar-refractivity contribution in [1.82, 2.24) is 9.97 Å². The summed E-state index contributed by atoms with van der Waals surface area (Å²) in [5.74, 6) is 1.64. The van der Waals surface area contributed by atoms with Crippen LogP contribution in [0.5, 0.6) is 5.75 Å². The summed E-state index contributed by atoms with van der Waals surface area (Å²) >= 11 is 0. The third-order valence-electron chi connectivity index (χ3n) is 5.35. The lowest BCUT2D eigenvalue weighted by molar-refractivity contribution is 0.0497. The lowest BCUT2D eigenvalue weighted by Crippen LogP contribution is -2.21. The number of carbonyl (C=O) groups is 1. The molecular formula is C22H24N4O3. The highest BCUT2D eigenvalue weighted by Crippen LogP contribution is 2.26. The van der Waals surface area contributed by atoms with Crippen molar-refractivity contribution in [1.29, 1.82) is 5.26 Å². The van der Waals surface area contributed by atoms with Gasteiger partial charge in [0.25, 0.3) is 0 Å². The molecule has 2 aliphatic rings. The van der Waals surface area contributed by atoms with Gasteiger partial charge in [-0.3, -0.25) is 4.79 Å². The molecule has 0 radical (unpaired) electrons. The molecule has 1 aliphatic heterocycles. The van der Waals surface area contributed by atoms with Crippen molar-refractivity contribution in [2.45, 2.75) is 38.5 Å². The molecule has 2 heterocycles. The number of anilines is 2. The van der Waals surface area contributed by atoms with Gasteiger partial charge >= 0.3 is 0 Å². The maximum atomic E-state index is 12.1. The minimum absolute atomic E-state index is 0.110. The van der Waals surface area contributed by atoms with Gasteiger partial charge in [0, 0.05) is 37.6 Å². The molecule has 1 N–H and O–H groups in total. The van der Waals surface area contributed by atoms with Gasteiger partial charge in [0.05, 0.1) is 29.5 Å². The highest BCUT2D eigenvalue weighted by molar-refractivity contribution is 5.97. The highest BCUT2D eigenvalue weighted by Gasteiger charge is 2.18. The fourth-order valence-electron chi connectivity index (χ4n) is 3.69. The average Bonchev–Trinajstić information content (AvgIpc) is 2.94. The normalized spacial score (nSPS) is 17.1. The maximum Gasteiger partial charge on any atom is 0.227 e. The average molecular weight is 392 g/mol. The van der Waals surface area contributed by atoms with Gasteiger partial charge in [-0.1, -0.05) is 0 Å². The number of nitriles is 1. The molecule has 0 atom stereocenters. The molecule has 0 saturated carbocycles.